The molecule has 2 aromatic rings. The molecule has 0 aliphatic rings. The molecule has 0 N–H and O–H groups in total. The Kier molecular flexibility index (Phi) is 3.47. The molecule has 0 spiro atoms. The first-order valence-corrected chi connectivity index (χ1v) is 6.47. The minimum Gasteiger partial charge on any atom is -0.215 e. The van der Waals surface area contributed by atoms with Crippen molar-refractivity contribution in [2.45, 2.75) is 20.3 Å². The molecule has 0 amide bonds. The van der Waals surface area contributed by atoms with Gasteiger partial charge < -0.3 is 0 Å². The number of rotatable bonds is 2. The second-order valence-electron chi connectivity index (χ2n) is 3.37. The van der Waals surface area contributed by atoms with E-state index in [0.29, 0.717) is 16.1 Å². The smallest absolute Gasteiger partial charge is 0.172 e. The second kappa shape index (κ2) is 4.70. The Balaban J connectivity index is 2.48. The molecule has 84 valence electrons. The van der Waals surface area contributed by atoms with Crippen LogP contribution in [0.15, 0.2) is 12.1 Å². The summed E-state index contributed by atoms with van der Waals surface area (Å²) in [6.07, 6.45) is 1.01. The molecule has 5 heteroatoms. The molecule has 0 aromatic carbocycles. The number of thiophene rings is 1. The molecule has 0 saturated carbocycles. The molecule has 2 aromatic heterocycles. The average Bonchev–Trinajstić information content (AvgIpc) is 2.73. The van der Waals surface area contributed by atoms with E-state index in [1.807, 2.05) is 6.07 Å². The molecular formula is C11H10Cl2N2S. The van der Waals surface area contributed by atoms with E-state index in [-0.39, 0.29) is 0 Å². The number of nitrogens with zero attached hydrogens (tertiary/aromatic N) is 2. The summed E-state index contributed by atoms with van der Waals surface area (Å²) in [5, 5.41) is 0.836. The van der Waals surface area contributed by atoms with Crippen LogP contribution in [-0.4, -0.2) is 9.97 Å². The predicted molar refractivity (Wildman–Crippen MR) is 69.5 cm³/mol. The van der Waals surface area contributed by atoms with Gasteiger partial charge in [0, 0.05) is 10.4 Å². The third kappa shape index (κ3) is 2.21. The van der Waals surface area contributed by atoms with Gasteiger partial charge in [0.05, 0.1) is 4.88 Å². The van der Waals surface area contributed by atoms with Gasteiger partial charge in [-0.2, -0.15) is 0 Å². The summed E-state index contributed by atoms with van der Waals surface area (Å²) in [7, 11) is 0. The van der Waals surface area contributed by atoms with Crippen LogP contribution < -0.4 is 0 Å². The van der Waals surface area contributed by atoms with Crippen LogP contribution in [0.25, 0.3) is 10.7 Å². The van der Waals surface area contributed by atoms with Crippen molar-refractivity contribution in [3.63, 3.8) is 0 Å². The highest BCUT2D eigenvalue weighted by Gasteiger charge is 2.10. The van der Waals surface area contributed by atoms with Crippen LogP contribution in [0.5, 0.6) is 0 Å². The minimum absolute atomic E-state index is 0.418. The van der Waals surface area contributed by atoms with Gasteiger partial charge in [-0.1, -0.05) is 30.1 Å². The number of hydrogen-bond acceptors (Lipinski definition) is 3. The van der Waals surface area contributed by atoms with Crippen LogP contribution in [0.4, 0.5) is 0 Å². The van der Waals surface area contributed by atoms with E-state index >= 15 is 0 Å². The van der Waals surface area contributed by atoms with E-state index in [1.54, 1.807) is 18.3 Å². The number of hydrogen-bond donors (Lipinski definition) is 0. The first-order valence-electron chi connectivity index (χ1n) is 4.90. The van der Waals surface area contributed by atoms with Crippen LogP contribution in [0.1, 0.15) is 17.4 Å². The first kappa shape index (κ1) is 11.8. The van der Waals surface area contributed by atoms with Crippen molar-refractivity contribution in [1.82, 2.24) is 9.97 Å². The second-order valence-corrected chi connectivity index (χ2v) is 5.26. The maximum atomic E-state index is 5.98. The lowest BCUT2D eigenvalue weighted by Gasteiger charge is -2.02. The molecule has 2 nitrogen and oxygen atoms in total. The Labute approximate surface area is 108 Å². The standard InChI is InChI=1S/C11H10Cl2N2S/c1-3-7-4-5-8(16-7)11-14-9(12)6(2)10(13)15-11/h4-5H,3H2,1-2H3. The molecular weight excluding hydrogens is 263 g/mol. The average molecular weight is 273 g/mol. The first-order chi connectivity index (χ1) is 7.61. The van der Waals surface area contributed by atoms with Gasteiger partial charge in [0.2, 0.25) is 0 Å². The van der Waals surface area contributed by atoms with Gasteiger partial charge in [0.1, 0.15) is 10.3 Å². The summed E-state index contributed by atoms with van der Waals surface area (Å²) in [5.41, 5.74) is 0.722. The summed E-state index contributed by atoms with van der Waals surface area (Å²) in [6.45, 7) is 3.92. The molecule has 0 atom stereocenters. The highest BCUT2D eigenvalue weighted by molar-refractivity contribution is 7.15. The van der Waals surface area contributed by atoms with Crippen molar-refractivity contribution < 1.29 is 0 Å². The zero-order chi connectivity index (χ0) is 11.7. The Morgan fingerprint density at radius 2 is 1.81 bits per heavy atom. The van der Waals surface area contributed by atoms with E-state index in [0.717, 1.165) is 16.9 Å². The molecule has 2 heterocycles. The highest BCUT2D eigenvalue weighted by Crippen LogP contribution is 2.29. The topological polar surface area (TPSA) is 25.8 Å². The summed E-state index contributed by atoms with van der Waals surface area (Å²) >= 11 is 13.6. The highest BCUT2D eigenvalue weighted by atomic mass is 35.5. The van der Waals surface area contributed by atoms with E-state index < -0.39 is 0 Å². The Bertz CT molecular complexity index is 499. The largest absolute Gasteiger partial charge is 0.215 e. The molecule has 2 rings (SSSR count). The fraction of sp³-hybridized carbons (Fsp3) is 0.273. The van der Waals surface area contributed by atoms with Crippen LogP contribution in [-0.2, 0) is 6.42 Å². The zero-order valence-corrected chi connectivity index (χ0v) is 11.2. The maximum absolute atomic E-state index is 5.98. The molecule has 0 aliphatic carbocycles. The maximum Gasteiger partial charge on any atom is 0.172 e. The zero-order valence-electron chi connectivity index (χ0n) is 8.92. The van der Waals surface area contributed by atoms with Crippen molar-refractivity contribution in [1.29, 1.82) is 0 Å². The van der Waals surface area contributed by atoms with Crippen molar-refractivity contribution in [2.24, 2.45) is 0 Å². The van der Waals surface area contributed by atoms with Gasteiger partial charge in [-0.15, -0.1) is 11.3 Å². The third-order valence-corrected chi connectivity index (χ3v) is 4.22. The van der Waals surface area contributed by atoms with E-state index in [9.17, 15) is 0 Å². The molecule has 0 bridgehead atoms. The number of aryl methyl sites for hydroxylation is 1. The number of aromatic nitrogens is 2. The molecule has 0 aliphatic heterocycles. The molecule has 0 unspecified atom stereocenters. The van der Waals surface area contributed by atoms with Gasteiger partial charge in [0.15, 0.2) is 5.82 Å². The van der Waals surface area contributed by atoms with Crippen LogP contribution in [0.2, 0.25) is 10.3 Å². The molecule has 0 fully saturated rings. The van der Waals surface area contributed by atoms with Crippen LogP contribution in [0, 0.1) is 6.92 Å². The van der Waals surface area contributed by atoms with Gasteiger partial charge in [-0.3, -0.25) is 0 Å². The van der Waals surface area contributed by atoms with Gasteiger partial charge >= 0.3 is 0 Å². The van der Waals surface area contributed by atoms with Gasteiger partial charge in [-0.05, 0) is 25.5 Å². The van der Waals surface area contributed by atoms with E-state index in [1.165, 1.54) is 4.88 Å². The lowest BCUT2D eigenvalue weighted by atomic mass is 10.3. The summed E-state index contributed by atoms with van der Waals surface area (Å²) in [4.78, 5) is 10.8. The van der Waals surface area contributed by atoms with Crippen LogP contribution in [0.3, 0.4) is 0 Å². The fourth-order valence-corrected chi connectivity index (χ4v) is 2.53. The SMILES string of the molecule is CCc1ccc(-c2nc(Cl)c(C)c(Cl)n2)s1. The minimum atomic E-state index is 0.418. The van der Waals surface area contributed by atoms with Crippen molar-refractivity contribution in [2.75, 3.05) is 0 Å². The molecule has 16 heavy (non-hydrogen) atoms. The molecule has 0 saturated heterocycles. The normalized spacial score (nSPS) is 10.8. The van der Waals surface area contributed by atoms with Crippen LogP contribution >= 0.6 is 34.5 Å². The summed E-state index contributed by atoms with van der Waals surface area (Å²) in [5.74, 6) is 0.602. The monoisotopic (exact) mass is 272 g/mol. The Morgan fingerprint density at radius 3 is 2.31 bits per heavy atom. The van der Waals surface area contributed by atoms with E-state index in [4.69, 9.17) is 23.2 Å². The van der Waals surface area contributed by atoms with Crippen molar-refractivity contribution >= 4 is 34.5 Å². The predicted octanol–water partition coefficient (Wildman–Crippen LogP) is 4.38. The number of halogens is 2. The van der Waals surface area contributed by atoms with Crippen molar-refractivity contribution in [3.05, 3.63) is 32.9 Å². The Morgan fingerprint density at radius 1 is 1.19 bits per heavy atom. The Hall–Kier alpha value is -0.640. The third-order valence-electron chi connectivity index (χ3n) is 2.26. The quantitative estimate of drug-likeness (QED) is 0.759. The van der Waals surface area contributed by atoms with E-state index in [2.05, 4.69) is 23.0 Å². The molecule has 0 radical (unpaired) electrons. The van der Waals surface area contributed by atoms with Gasteiger partial charge in [-0.25, -0.2) is 9.97 Å². The summed E-state index contributed by atoms with van der Waals surface area (Å²) in [6, 6.07) is 4.08. The fourth-order valence-electron chi connectivity index (χ4n) is 1.26. The van der Waals surface area contributed by atoms with Gasteiger partial charge in [0.25, 0.3) is 0 Å². The lowest BCUT2D eigenvalue weighted by Crippen LogP contribution is -1.92. The summed E-state index contributed by atoms with van der Waals surface area (Å²) < 4.78 is 0. The van der Waals surface area contributed by atoms with Crippen molar-refractivity contribution in [3.8, 4) is 10.7 Å². The lowest BCUT2D eigenvalue weighted by molar-refractivity contribution is 1.15.